The Morgan fingerprint density at radius 2 is 1.90 bits per heavy atom. The van der Waals surface area contributed by atoms with E-state index >= 15 is 0 Å². The zero-order valence-corrected chi connectivity index (χ0v) is 15.0. The zero-order chi connectivity index (χ0) is 15.6. The summed E-state index contributed by atoms with van der Waals surface area (Å²) in [4.78, 5) is 14.8. The molecule has 0 aromatic heterocycles. The molecule has 0 spiro atoms. The molecule has 0 saturated carbocycles. The molecule has 0 radical (unpaired) electrons. The molecule has 21 heavy (non-hydrogen) atoms. The fourth-order valence-corrected chi connectivity index (χ4v) is 3.00. The van der Waals surface area contributed by atoms with Crippen molar-refractivity contribution in [2.24, 2.45) is 0 Å². The standard InChI is InChI=1S/C17H25BrN2O/c1-12-11-13(5-6-15(12)18)16(21)19-14-7-9-20(10-8-14)17(2,3)4/h5-6,11,14H,7-10H2,1-4H3,(H,19,21). The molecular formula is C17H25BrN2O. The van der Waals surface area contributed by atoms with Crippen LogP contribution in [0.5, 0.6) is 0 Å². The van der Waals surface area contributed by atoms with Crippen LogP contribution in [0.25, 0.3) is 0 Å². The largest absolute Gasteiger partial charge is 0.349 e. The summed E-state index contributed by atoms with van der Waals surface area (Å²) in [5, 5.41) is 3.17. The Bertz CT molecular complexity index is 514. The van der Waals surface area contributed by atoms with Gasteiger partial charge in [-0.2, -0.15) is 0 Å². The zero-order valence-electron chi connectivity index (χ0n) is 13.4. The molecule has 2 rings (SSSR count). The second-order valence-electron chi connectivity index (χ2n) is 6.87. The van der Waals surface area contributed by atoms with E-state index in [1.807, 2.05) is 25.1 Å². The lowest BCUT2D eigenvalue weighted by Crippen LogP contribution is -2.50. The van der Waals surface area contributed by atoms with Crippen LogP contribution in [0.15, 0.2) is 22.7 Å². The molecule has 4 heteroatoms. The van der Waals surface area contributed by atoms with Gasteiger partial charge in [0.05, 0.1) is 0 Å². The minimum Gasteiger partial charge on any atom is -0.349 e. The Morgan fingerprint density at radius 1 is 1.29 bits per heavy atom. The lowest BCUT2D eigenvalue weighted by Gasteiger charge is -2.41. The van der Waals surface area contributed by atoms with E-state index in [4.69, 9.17) is 0 Å². The number of likely N-dealkylation sites (tertiary alicyclic amines) is 1. The first kappa shape index (κ1) is 16.5. The monoisotopic (exact) mass is 352 g/mol. The van der Waals surface area contributed by atoms with Gasteiger partial charge in [0.25, 0.3) is 5.91 Å². The highest BCUT2D eigenvalue weighted by molar-refractivity contribution is 9.10. The van der Waals surface area contributed by atoms with Crippen LogP contribution in [0, 0.1) is 6.92 Å². The smallest absolute Gasteiger partial charge is 0.251 e. The van der Waals surface area contributed by atoms with E-state index < -0.39 is 0 Å². The van der Waals surface area contributed by atoms with Crippen LogP contribution in [0.4, 0.5) is 0 Å². The van der Waals surface area contributed by atoms with E-state index in [2.05, 4.69) is 46.9 Å². The Labute approximate surface area is 136 Å². The number of carbonyl (C=O) groups is 1. The molecular weight excluding hydrogens is 328 g/mol. The highest BCUT2D eigenvalue weighted by Gasteiger charge is 2.27. The third-order valence-electron chi connectivity index (χ3n) is 4.20. The summed E-state index contributed by atoms with van der Waals surface area (Å²) in [6.45, 7) is 10.8. The summed E-state index contributed by atoms with van der Waals surface area (Å²) >= 11 is 3.46. The molecule has 0 aliphatic carbocycles. The maximum absolute atomic E-state index is 12.3. The first-order valence-electron chi connectivity index (χ1n) is 7.59. The number of amides is 1. The summed E-state index contributed by atoms with van der Waals surface area (Å²) in [6.07, 6.45) is 2.05. The predicted molar refractivity (Wildman–Crippen MR) is 90.7 cm³/mol. The van der Waals surface area contributed by atoms with Crippen molar-refractivity contribution in [3.63, 3.8) is 0 Å². The topological polar surface area (TPSA) is 32.3 Å². The molecule has 1 aromatic rings. The van der Waals surface area contributed by atoms with Gasteiger partial charge in [0.2, 0.25) is 0 Å². The summed E-state index contributed by atoms with van der Waals surface area (Å²) in [7, 11) is 0. The average Bonchev–Trinajstić information content (AvgIpc) is 2.41. The number of hydrogen-bond donors (Lipinski definition) is 1. The number of carbonyl (C=O) groups excluding carboxylic acids is 1. The maximum atomic E-state index is 12.3. The van der Waals surface area contributed by atoms with Crippen molar-refractivity contribution >= 4 is 21.8 Å². The van der Waals surface area contributed by atoms with E-state index in [1.165, 1.54) is 0 Å². The van der Waals surface area contributed by atoms with Crippen molar-refractivity contribution in [3.05, 3.63) is 33.8 Å². The van der Waals surface area contributed by atoms with E-state index in [9.17, 15) is 4.79 Å². The molecule has 1 fully saturated rings. The minimum absolute atomic E-state index is 0.0415. The summed E-state index contributed by atoms with van der Waals surface area (Å²) < 4.78 is 1.04. The molecule has 1 heterocycles. The maximum Gasteiger partial charge on any atom is 0.251 e. The summed E-state index contributed by atoms with van der Waals surface area (Å²) in [5.74, 6) is 0.0415. The molecule has 1 aliphatic heterocycles. The quantitative estimate of drug-likeness (QED) is 0.878. The van der Waals surface area contributed by atoms with Crippen molar-refractivity contribution in [2.75, 3.05) is 13.1 Å². The number of hydrogen-bond acceptors (Lipinski definition) is 2. The van der Waals surface area contributed by atoms with Gasteiger partial charge in [-0.25, -0.2) is 0 Å². The second-order valence-corrected chi connectivity index (χ2v) is 7.72. The van der Waals surface area contributed by atoms with E-state index in [0.717, 1.165) is 41.5 Å². The van der Waals surface area contributed by atoms with Crippen molar-refractivity contribution in [3.8, 4) is 0 Å². The second kappa shape index (κ2) is 6.49. The number of nitrogens with zero attached hydrogens (tertiary/aromatic N) is 1. The van der Waals surface area contributed by atoms with Crippen molar-refractivity contribution in [2.45, 2.75) is 52.1 Å². The normalized spacial score (nSPS) is 17.8. The lowest BCUT2D eigenvalue weighted by molar-refractivity contribution is 0.0812. The Hall–Kier alpha value is -0.870. The van der Waals surface area contributed by atoms with Gasteiger partial charge in [-0.15, -0.1) is 0 Å². The molecule has 1 N–H and O–H groups in total. The summed E-state index contributed by atoms with van der Waals surface area (Å²) in [5.41, 5.74) is 2.05. The Kier molecular flexibility index (Phi) is 5.10. The van der Waals surface area contributed by atoms with Crippen LogP contribution < -0.4 is 5.32 Å². The number of rotatable bonds is 2. The van der Waals surface area contributed by atoms with Gasteiger partial charge < -0.3 is 5.32 Å². The number of piperidine rings is 1. The number of nitrogens with one attached hydrogen (secondary N) is 1. The van der Waals surface area contributed by atoms with Crippen molar-refractivity contribution in [1.82, 2.24) is 10.2 Å². The predicted octanol–water partition coefficient (Wildman–Crippen LogP) is 3.75. The minimum atomic E-state index is 0.0415. The number of benzene rings is 1. The third kappa shape index (κ3) is 4.30. The first-order chi connectivity index (χ1) is 9.77. The lowest BCUT2D eigenvalue weighted by atomic mass is 9.98. The van der Waals surface area contributed by atoms with Crippen LogP contribution >= 0.6 is 15.9 Å². The van der Waals surface area contributed by atoms with Gasteiger partial charge >= 0.3 is 0 Å². The average molecular weight is 353 g/mol. The van der Waals surface area contributed by atoms with Crippen LogP contribution in [0.3, 0.4) is 0 Å². The molecule has 1 aromatic carbocycles. The highest BCUT2D eigenvalue weighted by atomic mass is 79.9. The Morgan fingerprint density at radius 3 is 2.43 bits per heavy atom. The molecule has 116 valence electrons. The van der Waals surface area contributed by atoms with Gasteiger partial charge in [-0.1, -0.05) is 15.9 Å². The van der Waals surface area contributed by atoms with E-state index in [-0.39, 0.29) is 11.4 Å². The summed E-state index contributed by atoms with van der Waals surface area (Å²) in [6, 6.07) is 6.03. The SMILES string of the molecule is Cc1cc(C(=O)NC2CCN(C(C)(C)C)CC2)ccc1Br. The number of halogens is 1. The van der Waals surface area contributed by atoms with Gasteiger partial charge in [0.1, 0.15) is 0 Å². The van der Waals surface area contributed by atoms with Crippen LogP contribution in [-0.2, 0) is 0 Å². The molecule has 0 unspecified atom stereocenters. The van der Waals surface area contributed by atoms with Crippen molar-refractivity contribution < 1.29 is 4.79 Å². The van der Waals surface area contributed by atoms with Crippen molar-refractivity contribution in [1.29, 1.82) is 0 Å². The number of aryl methyl sites for hydroxylation is 1. The van der Waals surface area contributed by atoms with E-state index in [1.54, 1.807) is 0 Å². The molecule has 1 aliphatic rings. The third-order valence-corrected chi connectivity index (χ3v) is 5.09. The Balaban J connectivity index is 1.91. The fraction of sp³-hybridized carbons (Fsp3) is 0.588. The van der Waals surface area contributed by atoms with Crippen LogP contribution in [0.2, 0.25) is 0 Å². The van der Waals surface area contributed by atoms with Gasteiger partial charge in [0.15, 0.2) is 0 Å². The van der Waals surface area contributed by atoms with Gasteiger partial charge in [-0.3, -0.25) is 9.69 Å². The fourth-order valence-electron chi connectivity index (χ4n) is 2.75. The molecule has 1 saturated heterocycles. The molecule has 0 atom stereocenters. The molecule has 3 nitrogen and oxygen atoms in total. The van der Waals surface area contributed by atoms with E-state index in [0.29, 0.717) is 6.04 Å². The molecule has 0 bridgehead atoms. The first-order valence-corrected chi connectivity index (χ1v) is 8.39. The van der Waals surface area contributed by atoms with Gasteiger partial charge in [-0.05, 0) is 64.3 Å². The molecule has 1 amide bonds. The highest BCUT2D eigenvalue weighted by Crippen LogP contribution is 2.21. The van der Waals surface area contributed by atoms with Crippen LogP contribution in [-0.4, -0.2) is 35.5 Å². The van der Waals surface area contributed by atoms with Crippen LogP contribution in [0.1, 0.15) is 49.5 Å². The van der Waals surface area contributed by atoms with Gasteiger partial charge in [0, 0.05) is 34.7 Å².